The SMILES string of the molecule is CCNC1C(S(=O)Cc2ccccc2)CCCC1(C)C. The van der Waals surface area contributed by atoms with E-state index in [4.69, 9.17) is 0 Å². The zero-order valence-electron chi connectivity index (χ0n) is 12.9. The van der Waals surface area contributed by atoms with Crippen molar-refractivity contribution >= 4 is 10.8 Å². The molecule has 3 atom stereocenters. The van der Waals surface area contributed by atoms with Crippen LogP contribution in [0.1, 0.15) is 45.6 Å². The molecule has 1 aliphatic rings. The van der Waals surface area contributed by atoms with Gasteiger partial charge in [0.1, 0.15) is 0 Å². The summed E-state index contributed by atoms with van der Waals surface area (Å²) in [7, 11) is -0.798. The van der Waals surface area contributed by atoms with E-state index < -0.39 is 10.8 Å². The normalized spacial score (nSPS) is 27.1. The molecule has 1 aliphatic carbocycles. The summed E-state index contributed by atoms with van der Waals surface area (Å²) in [5.74, 6) is 0.684. The van der Waals surface area contributed by atoms with Gasteiger partial charge in [0.2, 0.25) is 0 Å². The van der Waals surface area contributed by atoms with Gasteiger partial charge in [0.05, 0.1) is 5.25 Å². The third-order valence-corrected chi connectivity index (χ3v) is 6.24. The van der Waals surface area contributed by atoms with Gasteiger partial charge in [0.15, 0.2) is 0 Å². The highest BCUT2D eigenvalue weighted by molar-refractivity contribution is 7.84. The van der Waals surface area contributed by atoms with Crippen molar-refractivity contribution in [3.05, 3.63) is 35.9 Å². The molecule has 3 heteroatoms. The van der Waals surface area contributed by atoms with Crippen molar-refractivity contribution in [1.29, 1.82) is 0 Å². The Labute approximate surface area is 125 Å². The first-order valence-corrected chi connectivity index (χ1v) is 9.07. The smallest absolute Gasteiger partial charge is 0.0509 e. The quantitative estimate of drug-likeness (QED) is 0.900. The van der Waals surface area contributed by atoms with E-state index in [9.17, 15) is 4.21 Å². The van der Waals surface area contributed by atoms with Gasteiger partial charge in [-0.3, -0.25) is 4.21 Å². The fourth-order valence-corrected chi connectivity index (χ4v) is 5.27. The average molecular weight is 293 g/mol. The molecule has 0 aliphatic heterocycles. The molecule has 2 rings (SSSR count). The van der Waals surface area contributed by atoms with Gasteiger partial charge in [0.25, 0.3) is 0 Å². The molecule has 3 unspecified atom stereocenters. The van der Waals surface area contributed by atoms with Gasteiger partial charge in [-0.05, 0) is 30.4 Å². The highest BCUT2D eigenvalue weighted by atomic mass is 32.2. The average Bonchev–Trinajstić information content (AvgIpc) is 2.42. The molecule has 0 heterocycles. The molecule has 0 amide bonds. The summed E-state index contributed by atoms with van der Waals surface area (Å²) in [4.78, 5) is 0. The molecular formula is C17H27NOS. The van der Waals surface area contributed by atoms with Crippen molar-refractivity contribution < 1.29 is 4.21 Å². The van der Waals surface area contributed by atoms with Crippen molar-refractivity contribution in [3.8, 4) is 0 Å². The lowest BCUT2D eigenvalue weighted by molar-refractivity contribution is 0.174. The largest absolute Gasteiger partial charge is 0.313 e. The minimum atomic E-state index is -0.798. The lowest BCUT2D eigenvalue weighted by atomic mass is 9.73. The molecule has 1 aromatic rings. The Morgan fingerprint density at radius 2 is 2.00 bits per heavy atom. The minimum Gasteiger partial charge on any atom is -0.313 e. The zero-order chi connectivity index (χ0) is 14.6. The van der Waals surface area contributed by atoms with Crippen LogP contribution in [0.4, 0.5) is 0 Å². The molecule has 0 bridgehead atoms. The van der Waals surface area contributed by atoms with Crippen LogP contribution in [0, 0.1) is 5.41 Å². The van der Waals surface area contributed by atoms with Gasteiger partial charge in [-0.2, -0.15) is 0 Å². The summed E-state index contributed by atoms with van der Waals surface area (Å²) >= 11 is 0. The summed E-state index contributed by atoms with van der Waals surface area (Å²) in [6.07, 6.45) is 3.50. The lowest BCUT2D eigenvalue weighted by Crippen LogP contribution is -2.54. The highest BCUT2D eigenvalue weighted by Gasteiger charge is 2.40. The Bertz CT molecular complexity index is 444. The molecule has 0 aromatic heterocycles. The fraction of sp³-hybridized carbons (Fsp3) is 0.647. The number of benzene rings is 1. The van der Waals surface area contributed by atoms with Gasteiger partial charge in [-0.1, -0.05) is 57.5 Å². The maximum atomic E-state index is 12.8. The van der Waals surface area contributed by atoms with E-state index in [1.807, 2.05) is 18.2 Å². The van der Waals surface area contributed by atoms with Crippen LogP contribution in [0.15, 0.2) is 30.3 Å². The Balaban J connectivity index is 2.10. The van der Waals surface area contributed by atoms with Gasteiger partial charge in [-0.25, -0.2) is 0 Å². The third kappa shape index (κ3) is 3.70. The molecule has 1 fully saturated rings. The van der Waals surface area contributed by atoms with Crippen LogP contribution in [-0.4, -0.2) is 22.0 Å². The molecule has 112 valence electrons. The molecule has 1 saturated carbocycles. The van der Waals surface area contributed by atoms with E-state index in [0.29, 0.717) is 11.8 Å². The van der Waals surface area contributed by atoms with Gasteiger partial charge < -0.3 is 5.32 Å². The first kappa shape index (κ1) is 15.7. The van der Waals surface area contributed by atoms with Crippen molar-refractivity contribution in [1.82, 2.24) is 5.32 Å². The molecule has 0 saturated heterocycles. The number of hydrogen-bond acceptors (Lipinski definition) is 2. The standard InChI is InChI=1S/C17H27NOS/c1-4-18-16-15(11-8-12-17(16,2)3)20(19)13-14-9-6-5-7-10-14/h5-7,9-10,15-16,18H,4,8,11-13H2,1-3H3. The number of rotatable bonds is 5. The van der Waals surface area contributed by atoms with Crippen LogP contribution in [0.5, 0.6) is 0 Å². The Morgan fingerprint density at radius 3 is 2.65 bits per heavy atom. The zero-order valence-corrected chi connectivity index (χ0v) is 13.7. The Morgan fingerprint density at radius 1 is 1.30 bits per heavy atom. The van der Waals surface area contributed by atoms with Crippen molar-refractivity contribution in [3.63, 3.8) is 0 Å². The van der Waals surface area contributed by atoms with Gasteiger partial charge in [-0.15, -0.1) is 0 Å². The summed E-state index contributed by atoms with van der Waals surface area (Å²) in [6, 6.07) is 10.6. The second-order valence-electron chi connectivity index (χ2n) is 6.47. The van der Waals surface area contributed by atoms with Crippen LogP contribution in [-0.2, 0) is 16.6 Å². The molecule has 2 nitrogen and oxygen atoms in total. The predicted octanol–water partition coefficient (Wildman–Crippen LogP) is 3.49. The van der Waals surface area contributed by atoms with Crippen molar-refractivity contribution in [2.45, 2.75) is 57.1 Å². The minimum absolute atomic E-state index is 0.241. The van der Waals surface area contributed by atoms with E-state index in [-0.39, 0.29) is 10.7 Å². The highest BCUT2D eigenvalue weighted by Crippen LogP contribution is 2.38. The lowest BCUT2D eigenvalue weighted by Gasteiger charge is -2.44. The molecule has 0 spiro atoms. The van der Waals surface area contributed by atoms with Crippen LogP contribution in [0.3, 0.4) is 0 Å². The molecule has 0 radical (unpaired) electrons. The van der Waals surface area contributed by atoms with E-state index in [2.05, 4.69) is 38.2 Å². The fourth-order valence-electron chi connectivity index (χ4n) is 3.34. The molecule has 1 aromatic carbocycles. The van der Waals surface area contributed by atoms with Crippen LogP contribution in [0.2, 0.25) is 0 Å². The predicted molar refractivity (Wildman–Crippen MR) is 87.2 cm³/mol. The summed E-state index contributed by atoms with van der Waals surface area (Å²) in [5, 5.41) is 3.88. The Hall–Kier alpha value is -0.670. The molecule has 20 heavy (non-hydrogen) atoms. The maximum Gasteiger partial charge on any atom is 0.0509 e. The van der Waals surface area contributed by atoms with Crippen molar-refractivity contribution in [2.24, 2.45) is 5.41 Å². The van der Waals surface area contributed by atoms with Gasteiger partial charge >= 0.3 is 0 Å². The Kier molecular flexibility index (Phi) is 5.39. The number of hydrogen-bond donors (Lipinski definition) is 1. The third-order valence-electron chi connectivity index (χ3n) is 4.44. The van der Waals surface area contributed by atoms with E-state index in [1.54, 1.807) is 0 Å². The van der Waals surface area contributed by atoms with E-state index in [0.717, 1.165) is 13.0 Å². The molecular weight excluding hydrogens is 266 g/mol. The monoisotopic (exact) mass is 293 g/mol. The van der Waals surface area contributed by atoms with Crippen molar-refractivity contribution in [2.75, 3.05) is 6.54 Å². The topological polar surface area (TPSA) is 29.1 Å². The first-order chi connectivity index (χ1) is 9.54. The summed E-state index contributed by atoms with van der Waals surface area (Å²) in [6.45, 7) is 7.72. The van der Waals surface area contributed by atoms with E-state index >= 15 is 0 Å². The summed E-state index contributed by atoms with van der Waals surface area (Å²) in [5.41, 5.74) is 1.43. The first-order valence-electron chi connectivity index (χ1n) is 7.69. The van der Waals surface area contributed by atoms with Crippen LogP contribution < -0.4 is 5.32 Å². The summed E-state index contributed by atoms with van der Waals surface area (Å²) < 4.78 is 12.8. The molecule has 1 N–H and O–H groups in total. The van der Waals surface area contributed by atoms with Crippen LogP contribution >= 0.6 is 0 Å². The second kappa shape index (κ2) is 6.86. The maximum absolute atomic E-state index is 12.8. The van der Waals surface area contributed by atoms with Gasteiger partial charge in [0, 0.05) is 22.6 Å². The van der Waals surface area contributed by atoms with E-state index in [1.165, 1.54) is 18.4 Å². The number of nitrogens with one attached hydrogen (secondary N) is 1. The van der Waals surface area contributed by atoms with Crippen LogP contribution in [0.25, 0.3) is 0 Å². The second-order valence-corrected chi connectivity index (χ2v) is 8.12.